The van der Waals surface area contributed by atoms with Crippen molar-refractivity contribution in [3.63, 3.8) is 0 Å². The topological polar surface area (TPSA) is 74.6 Å². The summed E-state index contributed by atoms with van der Waals surface area (Å²) in [6.45, 7) is 6.97. The Morgan fingerprint density at radius 3 is 2.96 bits per heavy atom. The first kappa shape index (κ1) is 17.9. The molecule has 1 aliphatic rings. The van der Waals surface area contributed by atoms with Gasteiger partial charge in [0, 0.05) is 30.9 Å². The van der Waals surface area contributed by atoms with Gasteiger partial charge in [0.05, 0.1) is 0 Å². The smallest absolute Gasteiger partial charge is 0.410 e. The van der Waals surface area contributed by atoms with Gasteiger partial charge in [-0.05, 0) is 45.7 Å². The molecule has 0 saturated carbocycles. The number of carbonyl (C=O) groups is 1. The molecule has 1 saturated heterocycles. The number of benzene rings is 1. The number of nitriles is 1. The number of hydrogen-bond donors (Lipinski definition) is 1. The van der Waals surface area contributed by atoms with E-state index in [0.29, 0.717) is 12.3 Å². The molecule has 1 aromatic rings. The number of amides is 1. The zero-order chi connectivity index (χ0) is 17.6. The molecule has 1 amide bonds. The summed E-state index contributed by atoms with van der Waals surface area (Å²) in [5.41, 5.74) is 0.436. The minimum Gasteiger partial charge on any atom is -0.479 e. The molecule has 1 unspecified atom stereocenters. The van der Waals surface area contributed by atoms with Gasteiger partial charge in [-0.15, -0.1) is 0 Å². The normalized spacial score (nSPS) is 17.8. The van der Waals surface area contributed by atoms with Crippen molar-refractivity contribution in [2.24, 2.45) is 0 Å². The number of anilines is 1. The van der Waals surface area contributed by atoms with E-state index in [1.54, 1.807) is 4.90 Å². The highest BCUT2D eigenvalue weighted by atomic mass is 16.6. The Balaban J connectivity index is 1.93. The molecule has 0 aliphatic carbocycles. The Hall–Kier alpha value is -2.42. The van der Waals surface area contributed by atoms with Gasteiger partial charge in [-0.3, -0.25) is 0 Å². The van der Waals surface area contributed by atoms with Crippen LogP contribution < -0.4 is 10.1 Å². The summed E-state index contributed by atoms with van der Waals surface area (Å²) in [6, 6.07) is 9.63. The largest absolute Gasteiger partial charge is 0.479 e. The Bertz CT molecular complexity index is 604. The highest BCUT2D eigenvalue weighted by Crippen LogP contribution is 2.21. The Morgan fingerprint density at radius 2 is 2.25 bits per heavy atom. The van der Waals surface area contributed by atoms with E-state index in [9.17, 15) is 4.79 Å². The van der Waals surface area contributed by atoms with Crippen molar-refractivity contribution in [2.75, 3.05) is 25.0 Å². The van der Waals surface area contributed by atoms with Crippen molar-refractivity contribution in [2.45, 2.75) is 45.3 Å². The second-order valence-electron chi connectivity index (χ2n) is 6.88. The standard InChI is InChI=1S/C18H25N3O3/c1-18(2,3)24-17(22)21-10-5-7-15(13-21)20-14-6-4-8-16(12-14)23-11-9-19/h4,6,8,12,15,20H,5,7,10-11,13H2,1-3H3. The van der Waals surface area contributed by atoms with Crippen LogP contribution in [-0.2, 0) is 4.74 Å². The molecule has 1 atom stereocenters. The molecule has 0 spiro atoms. The number of nitrogens with one attached hydrogen (secondary N) is 1. The van der Waals surface area contributed by atoms with Crippen LogP contribution in [0.4, 0.5) is 10.5 Å². The Kier molecular flexibility index (Phi) is 5.91. The third-order valence-electron chi connectivity index (χ3n) is 3.58. The van der Waals surface area contributed by atoms with Crippen molar-refractivity contribution < 1.29 is 14.3 Å². The van der Waals surface area contributed by atoms with Crippen molar-refractivity contribution in [3.05, 3.63) is 24.3 Å². The maximum Gasteiger partial charge on any atom is 0.410 e. The van der Waals surface area contributed by atoms with Crippen molar-refractivity contribution in [3.8, 4) is 11.8 Å². The SMILES string of the molecule is CC(C)(C)OC(=O)N1CCCC(Nc2cccc(OCC#N)c2)C1. The quantitative estimate of drug-likeness (QED) is 0.915. The molecular weight excluding hydrogens is 306 g/mol. The number of piperidine rings is 1. The molecule has 24 heavy (non-hydrogen) atoms. The first-order chi connectivity index (χ1) is 11.4. The van der Waals surface area contributed by atoms with Gasteiger partial charge in [-0.25, -0.2) is 4.79 Å². The van der Waals surface area contributed by atoms with Gasteiger partial charge < -0.3 is 19.7 Å². The van der Waals surface area contributed by atoms with E-state index >= 15 is 0 Å². The van der Waals surface area contributed by atoms with Crippen LogP contribution in [0.2, 0.25) is 0 Å². The van der Waals surface area contributed by atoms with Crippen LogP contribution >= 0.6 is 0 Å². The van der Waals surface area contributed by atoms with Crippen molar-refractivity contribution in [1.29, 1.82) is 5.26 Å². The number of hydrogen-bond acceptors (Lipinski definition) is 5. The number of rotatable bonds is 4. The average Bonchev–Trinajstić information content (AvgIpc) is 2.52. The molecule has 1 N–H and O–H groups in total. The predicted molar refractivity (Wildman–Crippen MR) is 92.0 cm³/mol. The van der Waals surface area contributed by atoms with Crippen LogP contribution in [0.15, 0.2) is 24.3 Å². The lowest BCUT2D eigenvalue weighted by atomic mass is 10.1. The van der Waals surface area contributed by atoms with Gasteiger partial charge in [0.15, 0.2) is 6.61 Å². The van der Waals surface area contributed by atoms with Crippen LogP contribution in [0.1, 0.15) is 33.6 Å². The van der Waals surface area contributed by atoms with E-state index in [1.807, 2.05) is 51.1 Å². The molecule has 1 fully saturated rings. The highest BCUT2D eigenvalue weighted by molar-refractivity contribution is 5.68. The fourth-order valence-corrected chi connectivity index (χ4v) is 2.61. The second kappa shape index (κ2) is 7.91. The van der Waals surface area contributed by atoms with E-state index in [0.717, 1.165) is 25.1 Å². The first-order valence-electron chi connectivity index (χ1n) is 8.21. The number of carbonyl (C=O) groups excluding carboxylic acids is 1. The molecule has 1 heterocycles. The van der Waals surface area contributed by atoms with Crippen molar-refractivity contribution >= 4 is 11.8 Å². The van der Waals surface area contributed by atoms with Crippen LogP contribution in [0.3, 0.4) is 0 Å². The average molecular weight is 331 g/mol. The summed E-state index contributed by atoms with van der Waals surface area (Å²) < 4.78 is 10.8. The summed E-state index contributed by atoms with van der Waals surface area (Å²) >= 11 is 0. The summed E-state index contributed by atoms with van der Waals surface area (Å²) in [5, 5.41) is 12.0. The van der Waals surface area contributed by atoms with Gasteiger partial charge in [0.1, 0.15) is 17.4 Å². The van der Waals surface area contributed by atoms with Crippen molar-refractivity contribution in [1.82, 2.24) is 4.90 Å². The molecule has 6 heteroatoms. The third-order valence-corrected chi connectivity index (χ3v) is 3.58. The lowest BCUT2D eigenvalue weighted by molar-refractivity contribution is 0.0206. The van der Waals surface area contributed by atoms with E-state index in [4.69, 9.17) is 14.7 Å². The Labute approximate surface area is 143 Å². The van der Waals surface area contributed by atoms with Gasteiger partial charge in [-0.2, -0.15) is 5.26 Å². The van der Waals surface area contributed by atoms with E-state index in [2.05, 4.69) is 5.32 Å². The van der Waals surface area contributed by atoms with Crippen LogP contribution in [0, 0.1) is 11.3 Å². The van der Waals surface area contributed by atoms with Gasteiger partial charge in [-0.1, -0.05) is 6.07 Å². The minimum atomic E-state index is -0.482. The molecule has 6 nitrogen and oxygen atoms in total. The molecule has 2 rings (SSSR count). The first-order valence-corrected chi connectivity index (χ1v) is 8.21. The molecule has 130 valence electrons. The monoisotopic (exact) mass is 331 g/mol. The highest BCUT2D eigenvalue weighted by Gasteiger charge is 2.27. The van der Waals surface area contributed by atoms with E-state index in [-0.39, 0.29) is 18.7 Å². The van der Waals surface area contributed by atoms with Crippen LogP contribution in [0.25, 0.3) is 0 Å². The summed E-state index contributed by atoms with van der Waals surface area (Å²) in [5.74, 6) is 0.654. The third kappa shape index (κ3) is 5.65. The summed E-state index contributed by atoms with van der Waals surface area (Å²) in [6.07, 6.45) is 1.66. The zero-order valence-corrected chi connectivity index (χ0v) is 14.5. The fourth-order valence-electron chi connectivity index (χ4n) is 2.61. The number of likely N-dealkylation sites (tertiary alicyclic amines) is 1. The molecule has 1 aromatic carbocycles. The van der Waals surface area contributed by atoms with E-state index < -0.39 is 5.60 Å². The lowest BCUT2D eigenvalue weighted by Gasteiger charge is -2.34. The molecule has 1 aliphatic heterocycles. The Morgan fingerprint density at radius 1 is 1.46 bits per heavy atom. The van der Waals surface area contributed by atoms with Gasteiger partial charge in [0.2, 0.25) is 0 Å². The van der Waals surface area contributed by atoms with E-state index in [1.165, 1.54) is 0 Å². The van der Waals surface area contributed by atoms with Crippen LogP contribution in [0.5, 0.6) is 5.75 Å². The predicted octanol–water partition coefficient (Wildman–Crippen LogP) is 3.40. The molecule has 0 radical (unpaired) electrons. The molecule has 0 bridgehead atoms. The maximum atomic E-state index is 12.2. The second-order valence-corrected chi connectivity index (χ2v) is 6.88. The maximum absolute atomic E-state index is 12.2. The fraction of sp³-hybridized carbons (Fsp3) is 0.556. The number of ether oxygens (including phenoxy) is 2. The summed E-state index contributed by atoms with van der Waals surface area (Å²) in [7, 11) is 0. The zero-order valence-electron chi connectivity index (χ0n) is 14.5. The minimum absolute atomic E-state index is 0.0271. The molecular formula is C18H25N3O3. The van der Waals surface area contributed by atoms with Gasteiger partial charge in [0.25, 0.3) is 0 Å². The number of nitrogens with zero attached hydrogens (tertiary/aromatic N) is 2. The molecule has 0 aromatic heterocycles. The summed E-state index contributed by atoms with van der Waals surface area (Å²) in [4.78, 5) is 14.0. The van der Waals surface area contributed by atoms with Gasteiger partial charge >= 0.3 is 6.09 Å². The van der Waals surface area contributed by atoms with Crippen LogP contribution in [-0.4, -0.2) is 42.3 Å². The lowest BCUT2D eigenvalue weighted by Crippen LogP contribution is -2.46.